The minimum atomic E-state index is -0.758. The van der Waals surface area contributed by atoms with Gasteiger partial charge in [0.15, 0.2) is 0 Å². The zero-order valence-electron chi connectivity index (χ0n) is 10.9. The van der Waals surface area contributed by atoms with Gasteiger partial charge in [0.1, 0.15) is 11.5 Å². The molecule has 0 aromatic heterocycles. The first kappa shape index (κ1) is 12.7. The second-order valence-corrected chi connectivity index (χ2v) is 4.86. The Kier molecular flexibility index (Phi) is 3.20. The standard InChI is InChI=1S/C14H18O4/c1-9-11(17-2)6-10(7-12(9)18-3)14(4-5-14)8-13(15)16/h6-7H,4-5,8H2,1-3H3,(H,15,16). The molecule has 1 N–H and O–H groups in total. The summed E-state index contributed by atoms with van der Waals surface area (Å²) >= 11 is 0. The Bertz CT molecular complexity index is 450. The summed E-state index contributed by atoms with van der Waals surface area (Å²) in [5, 5.41) is 9.00. The van der Waals surface area contributed by atoms with Crippen molar-refractivity contribution in [3.63, 3.8) is 0 Å². The van der Waals surface area contributed by atoms with Crippen LogP contribution in [0.2, 0.25) is 0 Å². The lowest BCUT2D eigenvalue weighted by Crippen LogP contribution is -2.13. The van der Waals surface area contributed by atoms with Crippen LogP contribution >= 0.6 is 0 Å². The molecule has 0 radical (unpaired) electrons. The average molecular weight is 250 g/mol. The van der Waals surface area contributed by atoms with Crippen molar-refractivity contribution in [1.29, 1.82) is 0 Å². The van der Waals surface area contributed by atoms with Gasteiger partial charge in [-0.15, -0.1) is 0 Å². The second-order valence-electron chi connectivity index (χ2n) is 4.86. The molecule has 1 fully saturated rings. The van der Waals surface area contributed by atoms with Crippen molar-refractivity contribution in [1.82, 2.24) is 0 Å². The Labute approximate surface area is 107 Å². The fraction of sp³-hybridized carbons (Fsp3) is 0.500. The molecule has 0 heterocycles. The summed E-state index contributed by atoms with van der Waals surface area (Å²) < 4.78 is 10.7. The van der Waals surface area contributed by atoms with Crippen LogP contribution in [0.1, 0.15) is 30.4 Å². The van der Waals surface area contributed by atoms with Crippen LogP contribution in [0.25, 0.3) is 0 Å². The predicted octanol–water partition coefficient (Wildman–Crippen LogP) is 2.52. The summed E-state index contributed by atoms with van der Waals surface area (Å²) in [5.41, 5.74) is 1.72. The number of hydrogen-bond acceptors (Lipinski definition) is 3. The van der Waals surface area contributed by atoms with Crippen molar-refractivity contribution >= 4 is 5.97 Å². The smallest absolute Gasteiger partial charge is 0.304 e. The van der Waals surface area contributed by atoms with Crippen LogP contribution in [-0.2, 0) is 10.2 Å². The van der Waals surface area contributed by atoms with E-state index in [1.165, 1.54) is 0 Å². The first-order valence-electron chi connectivity index (χ1n) is 5.97. The number of methoxy groups -OCH3 is 2. The fourth-order valence-corrected chi connectivity index (χ4v) is 2.40. The summed E-state index contributed by atoms with van der Waals surface area (Å²) in [4.78, 5) is 10.9. The number of carboxylic acid groups (broad SMARTS) is 1. The van der Waals surface area contributed by atoms with Crippen LogP contribution in [0.3, 0.4) is 0 Å². The third-order valence-corrected chi connectivity index (χ3v) is 3.71. The molecule has 1 aliphatic rings. The number of rotatable bonds is 5. The molecule has 0 amide bonds. The Balaban J connectivity index is 2.42. The van der Waals surface area contributed by atoms with Crippen LogP contribution in [0.5, 0.6) is 11.5 Å². The molecule has 0 saturated heterocycles. The molecular weight excluding hydrogens is 232 g/mol. The van der Waals surface area contributed by atoms with Crippen LogP contribution < -0.4 is 9.47 Å². The third kappa shape index (κ3) is 2.15. The quantitative estimate of drug-likeness (QED) is 0.872. The molecule has 1 aromatic rings. The van der Waals surface area contributed by atoms with Crippen molar-refractivity contribution in [2.75, 3.05) is 14.2 Å². The molecule has 0 bridgehead atoms. The van der Waals surface area contributed by atoms with Gasteiger partial charge in [0.2, 0.25) is 0 Å². The lowest BCUT2D eigenvalue weighted by Gasteiger charge is -2.18. The molecule has 18 heavy (non-hydrogen) atoms. The highest BCUT2D eigenvalue weighted by Crippen LogP contribution is 2.52. The van der Waals surface area contributed by atoms with E-state index in [0.29, 0.717) is 0 Å². The van der Waals surface area contributed by atoms with Gasteiger partial charge in [-0.25, -0.2) is 0 Å². The molecule has 4 heteroatoms. The summed E-state index contributed by atoms with van der Waals surface area (Å²) in [6, 6.07) is 3.88. The molecule has 0 aliphatic heterocycles. The Morgan fingerprint density at radius 3 is 2.11 bits per heavy atom. The van der Waals surface area contributed by atoms with E-state index in [2.05, 4.69) is 0 Å². The van der Waals surface area contributed by atoms with E-state index in [-0.39, 0.29) is 11.8 Å². The van der Waals surface area contributed by atoms with E-state index in [0.717, 1.165) is 35.5 Å². The van der Waals surface area contributed by atoms with Gasteiger partial charge in [0.05, 0.1) is 20.6 Å². The summed E-state index contributed by atoms with van der Waals surface area (Å²) in [6.07, 6.45) is 1.99. The SMILES string of the molecule is COc1cc(C2(CC(=O)O)CC2)cc(OC)c1C. The molecule has 1 aromatic carbocycles. The van der Waals surface area contributed by atoms with E-state index < -0.39 is 5.97 Å². The largest absolute Gasteiger partial charge is 0.496 e. The van der Waals surface area contributed by atoms with Crippen molar-refractivity contribution in [2.45, 2.75) is 31.6 Å². The highest BCUT2D eigenvalue weighted by Gasteiger charge is 2.46. The first-order chi connectivity index (χ1) is 8.52. The number of carbonyl (C=O) groups is 1. The number of carboxylic acids is 1. The predicted molar refractivity (Wildman–Crippen MR) is 67.4 cm³/mol. The lowest BCUT2D eigenvalue weighted by atomic mass is 9.91. The Morgan fingerprint density at radius 2 is 1.78 bits per heavy atom. The number of hydrogen-bond donors (Lipinski definition) is 1. The summed E-state index contributed by atoms with van der Waals surface area (Å²) in [6.45, 7) is 1.93. The van der Waals surface area contributed by atoms with Crippen LogP contribution in [0, 0.1) is 6.92 Å². The molecule has 98 valence electrons. The van der Waals surface area contributed by atoms with E-state index in [1.54, 1.807) is 14.2 Å². The second kappa shape index (κ2) is 4.52. The number of aliphatic carboxylic acids is 1. The van der Waals surface area contributed by atoms with Crippen molar-refractivity contribution in [3.8, 4) is 11.5 Å². The topological polar surface area (TPSA) is 55.8 Å². The van der Waals surface area contributed by atoms with Gasteiger partial charge >= 0.3 is 5.97 Å². The van der Waals surface area contributed by atoms with Gasteiger partial charge in [-0.1, -0.05) is 0 Å². The van der Waals surface area contributed by atoms with Gasteiger partial charge in [0.25, 0.3) is 0 Å². The van der Waals surface area contributed by atoms with Crippen molar-refractivity contribution in [2.24, 2.45) is 0 Å². The fourth-order valence-electron chi connectivity index (χ4n) is 2.40. The van der Waals surface area contributed by atoms with Gasteiger partial charge in [-0.05, 0) is 37.5 Å². The zero-order chi connectivity index (χ0) is 13.3. The van der Waals surface area contributed by atoms with Crippen LogP contribution in [0.15, 0.2) is 12.1 Å². The van der Waals surface area contributed by atoms with E-state index in [4.69, 9.17) is 14.6 Å². The molecule has 4 nitrogen and oxygen atoms in total. The maximum atomic E-state index is 10.9. The molecule has 0 atom stereocenters. The van der Waals surface area contributed by atoms with Crippen molar-refractivity contribution in [3.05, 3.63) is 23.3 Å². The van der Waals surface area contributed by atoms with Crippen LogP contribution in [0.4, 0.5) is 0 Å². The van der Waals surface area contributed by atoms with Gasteiger partial charge in [-0.2, -0.15) is 0 Å². The monoisotopic (exact) mass is 250 g/mol. The number of benzene rings is 1. The minimum absolute atomic E-state index is 0.169. The Hall–Kier alpha value is -1.71. The third-order valence-electron chi connectivity index (χ3n) is 3.71. The van der Waals surface area contributed by atoms with Gasteiger partial charge < -0.3 is 14.6 Å². The molecular formula is C14H18O4. The normalized spacial score (nSPS) is 16.2. The zero-order valence-corrected chi connectivity index (χ0v) is 10.9. The van der Waals surface area contributed by atoms with Crippen LogP contribution in [-0.4, -0.2) is 25.3 Å². The molecule has 0 unspecified atom stereocenters. The van der Waals surface area contributed by atoms with E-state index >= 15 is 0 Å². The minimum Gasteiger partial charge on any atom is -0.496 e. The van der Waals surface area contributed by atoms with Gasteiger partial charge in [-0.3, -0.25) is 4.79 Å². The molecule has 2 rings (SSSR count). The summed E-state index contributed by atoms with van der Waals surface area (Å²) in [5.74, 6) is 0.744. The Morgan fingerprint density at radius 1 is 1.28 bits per heavy atom. The highest BCUT2D eigenvalue weighted by molar-refractivity contribution is 5.70. The first-order valence-corrected chi connectivity index (χ1v) is 5.97. The average Bonchev–Trinajstić information content (AvgIpc) is 3.09. The molecule has 1 saturated carbocycles. The van der Waals surface area contributed by atoms with E-state index in [9.17, 15) is 4.79 Å². The lowest BCUT2D eigenvalue weighted by molar-refractivity contribution is -0.137. The van der Waals surface area contributed by atoms with Gasteiger partial charge in [0, 0.05) is 11.0 Å². The maximum absolute atomic E-state index is 10.9. The van der Waals surface area contributed by atoms with E-state index in [1.807, 2.05) is 19.1 Å². The molecule has 0 spiro atoms. The summed E-state index contributed by atoms with van der Waals surface area (Å²) in [7, 11) is 3.23. The van der Waals surface area contributed by atoms with Crippen molar-refractivity contribution < 1.29 is 19.4 Å². The maximum Gasteiger partial charge on any atom is 0.304 e. The number of ether oxygens (including phenoxy) is 2. The highest BCUT2D eigenvalue weighted by atomic mass is 16.5. The molecule has 1 aliphatic carbocycles.